The molecule has 2 amide bonds. The Morgan fingerprint density at radius 2 is 1.74 bits per heavy atom. The molecule has 0 bridgehead atoms. The van der Waals surface area contributed by atoms with E-state index in [9.17, 15) is 14.4 Å². The van der Waals surface area contributed by atoms with Gasteiger partial charge in [0.25, 0.3) is 5.91 Å². The van der Waals surface area contributed by atoms with E-state index in [1.165, 1.54) is 13.2 Å². The number of amides is 2. The summed E-state index contributed by atoms with van der Waals surface area (Å²) in [6, 6.07) is 13.0. The second kappa shape index (κ2) is 10.5. The molecule has 2 aromatic carbocycles. The van der Waals surface area contributed by atoms with Gasteiger partial charge in [0, 0.05) is 22.4 Å². The second-order valence-electron chi connectivity index (χ2n) is 7.62. The Morgan fingerprint density at radius 1 is 1.06 bits per heavy atom. The van der Waals surface area contributed by atoms with Crippen LogP contribution in [-0.2, 0) is 24.0 Å². The monoisotopic (exact) mass is 479 g/mol. The van der Waals surface area contributed by atoms with Crippen LogP contribution in [0, 0.1) is 10.8 Å². The molecule has 0 saturated heterocycles. The number of nitrogen functional groups attached to an aromatic ring is 2. The molecule has 1 heterocycles. The van der Waals surface area contributed by atoms with E-state index in [4.69, 9.17) is 27.1 Å². The number of hydrogen-bond donors (Lipinski definition) is 7. The number of ether oxygens (including phenoxy) is 1. The molecule has 12 nitrogen and oxygen atoms in total. The molecule has 12 heteroatoms. The van der Waals surface area contributed by atoms with Crippen LogP contribution in [0.2, 0.25) is 0 Å². The van der Waals surface area contributed by atoms with Gasteiger partial charge < -0.3 is 26.8 Å². The summed E-state index contributed by atoms with van der Waals surface area (Å²) in [5, 5.41) is 20.2. The number of amidine groups is 2. The lowest BCUT2D eigenvalue weighted by Gasteiger charge is -2.24. The van der Waals surface area contributed by atoms with Crippen molar-refractivity contribution in [2.45, 2.75) is 12.0 Å². The van der Waals surface area contributed by atoms with Crippen LogP contribution < -0.4 is 27.6 Å². The maximum Gasteiger partial charge on any atom is 0.325 e. The Kier molecular flexibility index (Phi) is 7.46. The van der Waals surface area contributed by atoms with Gasteiger partial charge in [-0.15, -0.1) is 0 Å². The van der Waals surface area contributed by atoms with E-state index in [0.717, 1.165) is 0 Å². The van der Waals surface area contributed by atoms with Crippen molar-refractivity contribution in [3.05, 3.63) is 71.3 Å². The lowest BCUT2D eigenvalue weighted by atomic mass is 9.95. The van der Waals surface area contributed by atoms with E-state index in [1.54, 1.807) is 48.5 Å². The Hall–Kier alpha value is -4.71. The van der Waals surface area contributed by atoms with Crippen LogP contribution >= 0.6 is 0 Å². The predicted molar refractivity (Wildman–Crippen MR) is 128 cm³/mol. The van der Waals surface area contributed by atoms with Crippen molar-refractivity contribution in [3.63, 3.8) is 0 Å². The summed E-state index contributed by atoms with van der Waals surface area (Å²) in [5.74, 6) is -2.19. The Bertz CT molecular complexity index is 1210. The van der Waals surface area contributed by atoms with E-state index in [0.29, 0.717) is 28.1 Å². The van der Waals surface area contributed by atoms with Crippen molar-refractivity contribution in [2.75, 3.05) is 19.0 Å². The maximum atomic E-state index is 13.3. The number of carbonyl (C=O) groups excluding carboxylic acids is 3. The van der Waals surface area contributed by atoms with E-state index in [-0.39, 0.29) is 18.2 Å². The molecule has 0 spiro atoms. The fourth-order valence-corrected chi connectivity index (χ4v) is 3.23. The van der Waals surface area contributed by atoms with Crippen molar-refractivity contribution in [1.82, 2.24) is 10.8 Å². The minimum absolute atomic E-state index is 0.120. The Morgan fingerprint density at radius 3 is 2.37 bits per heavy atom. The molecule has 0 radical (unpaired) electrons. The molecule has 1 aliphatic heterocycles. The minimum Gasteiger partial charge on any atom is -0.468 e. The molecule has 1 unspecified atom stereocenters. The first-order valence-corrected chi connectivity index (χ1v) is 10.3. The summed E-state index contributed by atoms with van der Waals surface area (Å²) in [4.78, 5) is 42.9. The molecule has 0 saturated carbocycles. The molecule has 1 atom stereocenters. The number of hydrogen-bond acceptors (Lipinski definition) is 8. The van der Waals surface area contributed by atoms with Gasteiger partial charge in [-0.25, -0.2) is 0 Å². The highest BCUT2D eigenvalue weighted by atomic mass is 16.7. The molecule has 2 aromatic rings. The molecular formula is C23H25N7O5. The van der Waals surface area contributed by atoms with Gasteiger partial charge in [-0.3, -0.25) is 35.5 Å². The maximum absolute atomic E-state index is 13.3. The summed E-state index contributed by atoms with van der Waals surface area (Å²) in [6.07, 6.45) is 0.994. The first kappa shape index (κ1) is 24.9. The van der Waals surface area contributed by atoms with Crippen LogP contribution in [0.5, 0.6) is 0 Å². The van der Waals surface area contributed by atoms with Crippen LogP contribution in [0.25, 0.3) is 5.70 Å². The molecule has 0 aromatic heterocycles. The van der Waals surface area contributed by atoms with Crippen molar-refractivity contribution < 1.29 is 24.0 Å². The Balaban J connectivity index is 1.90. The fourth-order valence-electron chi connectivity index (χ4n) is 3.23. The highest BCUT2D eigenvalue weighted by molar-refractivity contribution is 6.04. The number of nitrogens with one attached hydrogen (secondary N) is 5. The largest absolute Gasteiger partial charge is 0.468 e. The number of esters is 1. The molecule has 1 aliphatic rings. The van der Waals surface area contributed by atoms with Crippen LogP contribution in [0.1, 0.15) is 23.1 Å². The highest BCUT2D eigenvalue weighted by Gasteiger charge is 2.45. The lowest BCUT2D eigenvalue weighted by molar-refractivity contribution is -0.146. The average molecular weight is 479 g/mol. The average Bonchev–Trinajstić information content (AvgIpc) is 3.28. The molecular weight excluding hydrogens is 454 g/mol. The van der Waals surface area contributed by atoms with Crippen molar-refractivity contribution >= 4 is 40.8 Å². The van der Waals surface area contributed by atoms with Gasteiger partial charge in [-0.1, -0.05) is 18.2 Å². The molecule has 0 aliphatic carbocycles. The third-order valence-corrected chi connectivity index (χ3v) is 5.12. The topological polar surface area (TPSA) is 206 Å². The molecule has 35 heavy (non-hydrogen) atoms. The standard InChI is InChI=1S/C23H25N7O5/c1-34-19(32)12-28-18(31)11-23(22(33)29-16-7-5-13(6-8-16)20(24)25)10-17(30-35-23)14-3-2-4-15(9-14)21(26)27/h2-10,30H,11-12H2,1H3,(H3,24,25)(H3,26,27)(H,28,31)(H,29,33). The van der Waals surface area contributed by atoms with Crippen molar-refractivity contribution in [2.24, 2.45) is 11.5 Å². The first-order chi connectivity index (χ1) is 16.6. The van der Waals surface area contributed by atoms with Crippen LogP contribution in [0.15, 0.2) is 54.6 Å². The number of anilines is 1. The van der Waals surface area contributed by atoms with Gasteiger partial charge in [0.1, 0.15) is 18.2 Å². The predicted octanol–water partition coefficient (Wildman–Crippen LogP) is 0.187. The van der Waals surface area contributed by atoms with E-state index < -0.39 is 29.8 Å². The zero-order valence-corrected chi connectivity index (χ0v) is 18.8. The summed E-state index contributed by atoms with van der Waals surface area (Å²) >= 11 is 0. The SMILES string of the molecule is COC(=O)CNC(=O)CC1(C(=O)Nc2ccc(C(=N)N)cc2)C=C(c2cccc(C(=N)N)c2)NO1. The number of rotatable bonds is 9. The zero-order valence-electron chi connectivity index (χ0n) is 18.8. The number of methoxy groups -OCH3 is 1. The van der Waals surface area contributed by atoms with Crippen LogP contribution in [0.4, 0.5) is 5.69 Å². The summed E-state index contributed by atoms with van der Waals surface area (Å²) in [6.45, 7) is -0.371. The van der Waals surface area contributed by atoms with Gasteiger partial charge in [0.15, 0.2) is 0 Å². The third kappa shape index (κ3) is 6.00. The summed E-state index contributed by atoms with van der Waals surface area (Å²) < 4.78 is 4.51. The van der Waals surface area contributed by atoms with Gasteiger partial charge in [0.2, 0.25) is 11.5 Å². The van der Waals surface area contributed by atoms with Gasteiger partial charge in [-0.2, -0.15) is 0 Å². The summed E-state index contributed by atoms with van der Waals surface area (Å²) in [7, 11) is 1.19. The highest BCUT2D eigenvalue weighted by Crippen LogP contribution is 2.31. The second-order valence-corrected chi connectivity index (χ2v) is 7.62. The Labute approximate surface area is 200 Å². The molecule has 0 fully saturated rings. The summed E-state index contributed by atoms with van der Waals surface area (Å²) in [5.41, 5.74) is 14.2. The third-order valence-electron chi connectivity index (χ3n) is 5.12. The van der Waals surface area contributed by atoms with Crippen molar-refractivity contribution in [3.8, 4) is 0 Å². The molecule has 9 N–H and O–H groups in total. The number of carbonyl (C=O) groups is 3. The number of nitrogens with two attached hydrogens (primary N) is 2. The molecule has 182 valence electrons. The smallest absolute Gasteiger partial charge is 0.325 e. The number of hydroxylamine groups is 1. The lowest BCUT2D eigenvalue weighted by Crippen LogP contribution is -2.47. The van der Waals surface area contributed by atoms with Gasteiger partial charge in [-0.05, 0) is 36.4 Å². The van der Waals surface area contributed by atoms with Gasteiger partial charge in [0.05, 0.1) is 19.2 Å². The first-order valence-electron chi connectivity index (χ1n) is 10.3. The van der Waals surface area contributed by atoms with Gasteiger partial charge >= 0.3 is 5.97 Å². The van der Waals surface area contributed by atoms with E-state index >= 15 is 0 Å². The van der Waals surface area contributed by atoms with Crippen LogP contribution in [0.3, 0.4) is 0 Å². The minimum atomic E-state index is -1.78. The van der Waals surface area contributed by atoms with E-state index in [1.807, 2.05) is 0 Å². The van der Waals surface area contributed by atoms with Crippen molar-refractivity contribution in [1.29, 1.82) is 10.8 Å². The molecule has 3 rings (SSSR count). The fraction of sp³-hybridized carbons (Fsp3) is 0.174. The van der Waals surface area contributed by atoms with Crippen LogP contribution in [-0.4, -0.2) is 48.7 Å². The normalized spacial score (nSPS) is 16.4. The van der Waals surface area contributed by atoms with E-state index in [2.05, 4.69) is 20.9 Å². The quantitative estimate of drug-likeness (QED) is 0.150. The number of benzene rings is 2. The zero-order chi connectivity index (χ0) is 25.6.